The van der Waals surface area contributed by atoms with Gasteiger partial charge in [0, 0.05) is 11.0 Å². The molecule has 0 spiro atoms. The highest BCUT2D eigenvalue weighted by molar-refractivity contribution is 7.17. The van der Waals surface area contributed by atoms with Crippen molar-refractivity contribution >= 4 is 34.3 Å². The maximum absolute atomic E-state index is 12.7. The minimum absolute atomic E-state index is 0.295. The zero-order valence-corrected chi connectivity index (χ0v) is 21.4. The number of esters is 1. The van der Waals surface area contributed by atoms with Crippen molar-refractivity contribution < 1.29 is 23.8 Å². The average molecular weight is 486 g/mol. The maximum atomic E-state index is 12.7. The Bertz CT molecular complexity index is 1030. The summed E-state index contributed by atoms with van der Waals surface area (Å²) >= 11 is 1.49. The molecule has 0 fully saturated rings. The van der Waals surface area contributed by atoms with E-state index in [1.54, 1.807) is 20.1 Å². The highest BCUT2D eigenvalue weighted by atomic mass is 32.1. The van der Waals surface area contributed by atoms with Gasteiger partial charge in [0.15, 0.2) is 11.5 Å². The first-order valence-corrected chi connectivity index (χ1v) is 12.9. The van der Waals surface area contributed by atoms with Crippen molar-refractivity contribution in [2.45, 2.75) is 59.3 Å². The zero-order valence-electron chi connectivity index (χ0n) is 20.6. The summed E-state index contributed by atoms with van der Waals surface area (Å²) in [5.74, 6) is 1.23. The van der Waals surface area contributed by atoms with Gasteiger partial charge >= 0.3 is 5.97 Å². The molecule has 0 saturated carbocycles. The van der Waals surface area contributed by atoms with E-state index < -0.39 is 0 Å². The van der Waals surface area contributed by atoms with Crippen LogP contribution in [0, 0.1) is 5.92 Å². The number of benzene rings is 1. The minimum Gasteiger partial charge on any atom is -0.493 e. The Morgan fingerprint density at radius 2 is 2.03 bits per heavy atom. The molecule has 1 heterocycles. The van der Waals surface area contributed by atoms with Crippen molar-refractivity contribution in [3.05, 3.63) is 45.8 Å². The van der Waals surface area contributed by atoms with Crippen LogP contribution in [0.4, 0.5) is 5.00 Å². The van der Waals surface area contributed by atoms with E-state index in [1.807, 2.05) is 18.2 Å². The van der Waals surface area contributed by atoms with E-state index in [0.717, 1.165) is 49.7 Å². The number of hydrogen-bond acceptors (Lipinski definition) is 6. The summed E-state index contributed by atoms with van der Waals surface area (Å²) < 4.78 is 16.6. The fourth-order valence-corrected chi connectivity index (χ4v) is 5.43. The molecular weight excluding hydrogens is 450 g/mol. The first-order valence-electron chi connectivity index (χ1n) is 12.1. The van der Waals surface area contributed by atoms with Gasteiger partial charge in [0.2, 0.25) is 5.91 Å². The third-order valence-electron chi connectivity index (χ3n) is 5.85. The fourth-order valence-electron chi connectivity index (χ4n) is 4.02. The van der Waals surface area contributed by atoms with Crippen LogP contribution in [0.5, 0.6) is 11.5 Å². The number of fused-ring (bicyclic) bond motifs is 1. The summed E-state index contributed by atoms with van der Waals surface area (Å²) in [6.07, 6.45) is 9.24. The van der Waals surface area contributed by atoms with Gasteiger partial charge in [-0.05, 0) is 67.9 Å². The van der Waals surface area contributed by atoms with Gasteiger partial charge < -0.3 is 19.5 Å². The van der Waals surface area contributed by atoms with Gasteiger partial charge in [0.05, 0.1) is 25.9 Å². The number of nitrogens with one attached hydrogen (secondary N) is 1. The normalized spacial score (nSPS) is 15.1. The number of rotatable bonds is 11. The van der Waals surface area contributed by atoms with Crippen LogP contribution >= 0.6 is 11.3 Å². The molecule has 0 saturated heterocycles. The van der Waals surface area contributed by atoms with E-state index in [0.29, 0.717) is 41.2 Å². The number of methoxy groups -OCH3 is 1. The molecular formula is C27H35NO5S. The molecule has 6 nitrogen and oxygen atoms in total. The summed E-state index contributed by atoms with van der Waals surface area (Å²) in [4.78, 5) is 26.5. The van der Waals surface area contributed by atoms with Crippen molar-refractivity contribution in [3.63, 3.8) is 0 Å². The number of amides is 1. The molecule has 0 unspecified atom stereocenters. The smallest absolute Gasteiger partial charge is 0.341 e. The first kappa shape index (κ1) is 25.8. The molecule has 2 aromatic rings. The molecule has 1 aromatic heterocycles. The van der Waals surface area contributed by atoms with Crippen molar-refractivity contribution in [1.29, 1.82) is 0 Å². The van der Waals surface area contributed by atoms with E-state index in [1.165, 1.54) is 22.3 Å². The Hall–Kier alpha value is -2.80. The topological polar surface area (TPSA) is 73.9 Å². The van der Waals surface area contributed by atoms with Crippen LogP contribution < -0.4 is 14.8 Å². The van der Waals surface area contributed by atoms with Crippen molar-refractivity contribution in [2.75, 3.05) is 25.6 Å². The third kappa shape index (κ3) is 6.63. The molecule has 0 bridgehead atoms. The second-order valence-corrected chi connectivity index (χ2v) is 9.67. The lowest BCUT2D eigenvalue weighted by Gasteiger charge is -2.18. The van der Waals surface area contributed by atoms with E-state index in [2.05, 4.69) is 19.2 Å². The molecule has 1 N–H and O–H groups in total. The van der Waals surface area contributed by atoms with E-state index in [9.17, 15) is 9.59 Å². The van der Waals surface area contributed by atoms with Crippen molar-refractivity contribution in [2.24, 2.45) is 5.92 Å². The molecule has 0 radical (unpaired) electrons. The number of hydrogen-bond donors (Lipinski definition) is 1. The number of carbonyl (C=O) groups is 2. The molecule has 1 aliphatic rings. The van der Waals surface area contributed by atoms with Gasteiger partial charge in [-0.15, -0.1) is 11.3 Å². The molecule has 1 amide bonds. The van der Waals surface area contributed by atoms with Crippen LogP contribution in [0.25, 0.3) is 6.08 Å². The number of carbonyl (C=O) groups excluding carboxylic acids is 2. The van der Waals surface area contributed by atoms with Gasteiger partial charge in [-0.1, -0.05) is 32.8 Å². The van der Waals surface area contributed by atoms with E-state index in [-0.39, 0.29) is 11.9 Å². The van der Waals surface area contributed by atoms with Crippen LogP contribution in [0.15, 0.2) is 24.3 Å². The van der Waals surface area contributed by atoms with Gasteiger partial charge in [-0.25, -0.2) is 4.79 Å². The second kappa shape index (κ2) is 12.6. The van der Waals surface area contributed by atoms with Crippen LogP contribution in [-0.2, 0) is 22.4 Å². The van der Waals surface area contributed by atoms with Crippen molar-refractivity contribution in [1.82, 2.24) is 0 Å². The fraction of sp³-hybridized carbons (Fsp3) is 0.481. The van der Waals surface area contributed by atoms with Crippen LogP contribution in [0.1, 0.15) is 72.8 Å². The highest BCUT2D eigenvalue weighted by Crippen LogP contribution is 2.40. The van der Waals surface area contributed by atoms with Gasteiger partial charge in [0.25, 0.3) is 0 Å². The summed E-state index contributed by atoms with van der Waals surface area (Å²) in [7, 11) is 1.60. The van der Waals surface area contributed by atoms with E-state index >= 15 is 0 Å². The molecule has 3 rings (SSSR count). The summed E-state index contributed by atoms with van der Waals surface area (Å²) in [5, 5.41) is 3.48. The number of unbranched alkanes of at least 4 members (excludes halogenated alkanes) is 2. The SMILES string of the molecule is CCCCCOc1ccc(/C=C/C(=O)Nc2sc3c(c2C(=O)OCC)CC[C@H](C)C3)cc1OC. The average Bonchev–Trinajstić information content (AvgIpc) is 3.17. The zero-order chi connectivity index (χ0) is 24.5. The Morgan fingerprint density at radius 1 is 1.21 bits per heavy atom. The van der Waals surface area contributed by atoms with Gasteiger partial charge in [-0.3, -0.25) is 4.79 Å². The molecule has 1 aliphatic carbocycles. The Balaban J connectivity index is 1.72. The lowest BCUT2D eigenvalue weighted by molar-refractivity contribution is -0.111. The van der Waals surface area contributed by atoms with E-state index in [4.69, 9.17) is 14.2 Å². The number of thiophene rings is 1. The predicted octanol–water partition coefficient (Wildman–Crippen LogP) is 6.28. The molecule has 34 heavy (non-hydrogen) atoms. The molecule has 1 atom stereocenters. The second-order valence-electron chi connectivity index (χ2n) is 8.56. The summed E-state index contributed by atoms with van der Waals surface area (Å²) in [6, 6.07) is 5.58. The maximum Gasteiger partial charge on any atom is 0.341 e. The first-order chi connectivity index (χ1) is 16.5. The Labute approximate surface area is 206 Å². The molecule has 7 heteroatoms. The summed E-state index contributed by atoms with van der Waals surface area (Å²) in [5.41, 5.74) is 2.36. The lowest BCUT2D eigenvalue weighted by Crippen LogP contribution is -2.15. The minimum atomic E-state index is -0.368. The van der Waals surface area contributed by atoms with Gasteiger partial charge in [-0.2, -0.15) is 0 Å². The molecule has 184 valence electrons. The predicted molar refractivity (Wildman–Crippen MR) is 137 cm³/mol. The Kier molecular flexibility index (Phi) is 9.57. The number of anilines is 1. The highest BCUT2D eigenvalue weighted by Gasteiger charge is 2.28. The molecule has 0 aliphatic heterocycles. The van der Waals surface area contributed by atoms with Crippen LogP contribution in [0.2, 0.25) is 0 Å². The molecule has 1 aromatic carbocycles. The van der Waals surface area contributed by atoms with Crippen LogP contribution in [-0.4, -0.2) is 32.2 Å². The quantitative estimate of drug-likeness (QED) is 0.230. The summed E-state index contributed by atoms with van der Waals surface area (Å²) in [6.45, 7) is 7.10. The third-order valence-corrected chi connectivity index (χ3v) is 7.02. The monoisotopic (exact) mass is 485 g/mol. The number of ether oxygens (including phenoxy) is 3. The van der Waals surface area contributed by atoms with Crippen molar-refractivity contribution in [3.8, 4) is 11.5 Å². The van der Waals surface area contributed by atoms with Gasteiger partial charge in [0.1, 0.15) is 5.00 Å². The standard InChI is InChI=1S/C27H35NO5S/c1-5-7-8-15-33-21-13-10-19(17-22(21)31-4)11-14-24(29)28-26-25(27(30)32-6-2)20-12-9-18(3)16-23(20)34-26/h10-11,13-14,17-18H,5-9,12,15-16H2,1-4H3,(H,28,29)/b14-11+/t18-/m0/s1. The largest absolute Gasteiger partial charge is 0.493 e. The Morgan fingerprint density at radius 3 is 2.76 bits per heavy atom. The lowest BCUT2D eigenvalue weighted by atomic mass is 9.88. The van der Waals surface area contributed by atoms with Crippen LogP contribution in [0.3, 0.4) is 0 Å².